The second-order valence-electron chi connectivity index (χ2n) is 6.76. The number of nitrogens with zero attached hydrogens (tertiary/aromatic N) is 1. The van der Waals surface area contributed by atoms with Crippen LogP contribution in [-0.4, -0.2) is 37.1 Å². The molecule has 0 saturated carbocycles. The van der Waals surface area contributed by atoms with Gasteiger partial charge in [-0.15, -0.1) is 11.3 Å². The van der Waals surface area contributed by atoms with Crippen LogP contribution in [0.1, 0.15) is 27.7 Å². The van der Waals surface area contributed by atoms with E-state index in [1.807, 2.05) is 37.3 Å². The van der Waals surface area contributed by atoms with E-state index in [9.17, 15) is 14.4 Å². The number of hydrogen-bond acceptors (Lipinski definition) is 7. The summed E-state index contributed by atoms with van der Waals surface area (Å²) in [5.41, 5.74) is 3.84. The van der Waals surface area contributed by atoms with E-state index in [0.717, 1.165) is 5.56 Å². The normalized spacial score (nSPS) is 10.9. The zero-order chi connectivity index (χ0) is 24.2. The van der Waals surface area contributed by atoms with Crippen LogP contribution in [0.25, 0.3) is 6.08 Å². The fourth-order valence-electron chi connectivity index (χ4n) is 2.68. The van der Waals surface area contributed by atoms with E-state index in [1.165, 1.54) is 23.6 Å². The van der Waals surface area contributed by atoms with E-state index in [2.05, 4.69) is 15.8 Å². The molecule has 0 spiro atoms. The van der Waals surface area contributed by atoms with E-state index >= 15 is 0 Å². The molecule has 0 atom stereocenters. The Morgan fingerprint density at radius 2 is 1.82 bits per heavy atom. The Bertz CT molecular complexity index is 1170. The molecule has 0 aliphatic heterocycles. The predicted octanol–water partition coefficient (Wildman–Crippen LogP) is 3.65. The lowest BCUT2D eigenvalue weighted by molar-refractivity contribution is -0.123. The van der Waals surface area contributed by atoms with Gasteiger partial charge >= 0.3 is 5.97 Å². The molecule has 34 heavy (non-hydrogen) atoms. The molecule has 174 valence electrons. The molecule has 3 aromatic rings. The third-order valence-corrected chi connectivity index (χ3v) is 5.10. The molecule has 2 N–H and O–H groups in total. The first-order valence-electron chi connectivity index (χ1n) is 10.4. The third-order valence-electron chi connectivity index (χ3n) is 4.25. The first-order valence-corrected chi connectivity index (χ1v) is 11.3. The van der Waals surface area contributed by atoms with Crippen LogP contribution >= 0.6 is 11.3 Å². The number of carbonyl (C=O) groups excluding carboxylic acids is 3. The molecule has 3 rings (SSSR count). The van der Waals surface area contributed by atoms with Gasteiger partial charge < -0.3 is 14.8 Å². The molecule has 0 radical (unpaired) electrons. The summed E-state index contributed by atoms with van der Waals surface area (Å²) < 4.78 is 11.0. The summed E-state index contributed by atoms with van der Waals surface area (Å²) in [4.78, 5) is 36.5. The van der Waals surface area contributed by atoms with Gasteiger partial charge in [-0.1, -0.05) is 36.4 Å². The monoisotopic (exact) mass is 477 g/mol. The van der Waals surface area contributed by atoms with Crippen LogP contribution < -0.4 is 20.2 Å². The molecule has 2 amide bonds. The number of benzene rings is 2. The highest BCUT2D eigenvalue weighted by Crippen LogP contribution is 2.29. The maximum Gasteiger partial charge on any atom is 0.353 e. The van der Waals surface area contributed by atoms with Crippen LogP contribution in [0.3, 0.4) is 0 Å². The second-order valence-corrected chi connectivity index (χ2v) is 7.71. The minimum atomic E-state index is -0.482. The van der Waals surface area contributed by atoms with Crippen molar-refractivity contribution >= 4 is 41.4 Å². The number of nitrogens with one attached hydrogen (secondary N) is 2. The molecule has 0 fully saturated rings. The van der Waals surface area contributed by atoms with Crippen LogP contribution in [0.2, 0.25) is 0 Å². The summed E-state index contributed by atoms with van der Waals surface area (Å²) in [6.45, 7) is 1.96. The molecule has 2 aromatic carbocycles. The van der Waals surface area contributed by atoms with Gasteiger partial charge in [0.2, 0.25) is 5.91 Å². The number of esters is 1. The molecular formula is C25H23N3O5S. The van der Waals surface area contributed by atoms with Gasteiger partial charge in [-0.05, 0) is 53.8 Å². The van der Waals surface area contributed by atoms with Gasteiger partial charge in [0.1, 0.15) is 4.88 Å². The fraction of sp³-hybridized carbons (Fsp3) is 0.120. The summed E-state index contributed by atoms with van der Waals surface area (Å²) in [5.74, 6) is -0.681. The highest BCUT2D eigenvalue weighted by Gasteiger charge is 2.14. The summed E-state index contributed by atoms with van der Waals surface area (Å²) in [6, 6.07) is 17.7. The van der Waals surface area contributed by atoms with Gasteiger partial charge in [0.05, 0.1) is 19.4 Å². The van der Waals surface area contributed by atoms with E-state index < -0.39 is 17.8 Å². The molecule has 8 nitrogen and oxygen atoms in total. The van der Waals surface area contributed by atoms with Crippen molar-refractivity contribution in [3.8, 4) is 11.5 Å². The van der Waals surface area contributed by atoms with Gasteiger partial charge in [-0.2, -0.15) is 5.10 Å². The summed E-state index contributed by atoms with van der Waals surface area (Å²) >= 11 is 1.29. The zero-order valence-electron chi connectivity index (χ0n) is 18.4. The van der Waals surface area contributed by atoms with Crippen LogP contribution in [0.15, 0.2) is 77.2 Å². The molecule has 1 aromatic heterocycles. The van der Waals surface area contributed by atoms with Crippen molar-refractivity contribution < 1.29 is 23.9 Å². The molecule has 0 saturated heterocycles. The SMILES string of the molecule is CCOc1cc(/C=N\NC(=O)CNC(=O)/C=C/c2ccccc2)ccc1OC(=O)c1cccs1. The average molecular weight is 478 g/mol. The summed E-state index contributed by atoms with van der Waals surface area (Å²) in [6.07, 6.45) is 4.43. The highest BCUT2D eigenvalue weighted by molar-refractivity contribution is 7.12. The Morgan fingerprint density at radius 3 is 2.56 bits per heavy atom. The minimum Gasteiger partial charge on any atom is -0.490 e. The molecule has 0 aliphatic carbocycles. The van der Waals surface area contributed by atoms with Crippen LogP contribution in [0, 0.1) is 0 Å². The Kier molecular flexibility index (Phi) is 9.12. The van der Waals surface area contributed by atoms with Crippen molar-refractivity contribution in [2.75, 3.05) is 13.2 Å². The van der Waals surface area contributed by atoms with Crippen molar-refractivity contribution in [2.24, 2.45) is 5.10 Å². The number of ether oxygens (including phenoxy) is 2. The number of hydrogen-bond donors (Lipinski definition) is 2. The lowest BCUT2D eigenvalue weighted by Crippen LogP contribution is -2.34. The minimum absolute atomic E-state index is 0.225. The average Bonchev–Trinajstić information content (AvgIpc) is 3.39. The third kappa shape index (κ3) is 7.72. The van der Waals surface area contributed by atoms with E-state index in [-0.39, 0.29) is 12.3 Å². The van der Waals surface area contributed by atoms with E-state index in [4.69, 9.17) is 9.47 Å². The van der Waals surface area contributed by atoms with Crippen LogP contribution in [0.4, 0.5) is 0 Å². The molecule has 0 bridgehead atoms. The quantitative estimate of drug-likeness (QED) is 0.152. The zero-order valence-corrected chi connectivity index (χ0v) is 19.2. The lowest BCUT2D eigenvalue weighted by atomic mass is 10.2. The van der Waals surface area contributed by atoms with Crippen molar-refractivity contribution in [1.29, 1.82) is 0 Å². The van der Waals surface area contributed by atoms with Gasteiger partial charge in [0, 0.05) is 6.08 Å². The van der Waals surface area contributed by atoms with Gasteiger partial charge in [-0.25, -0.2) is 10.2 Å². The van der Waals surface area contributed by atoms with Gasteiger partial charge in [0.15, 0.2) is 11.5 Å². The van der Waals surface area contributed by atoms with Crippen LogP contribution in [-0.2, 0) is 9.59 Å². The summed E-state index contributed by atoms with van der Waals surface area (Å²) in [7, 11) is 0. The number of rotatable bonds is 10. The van der Waals surface area contributed by atoms with E-state index in [0.29, 0.717) is 22.8 Å². The van der Waals surface area contributed by atoms with Crippen molar-refractivity contribution in [3.05, 3.63) is 88.1 Å². The highest BCUT2D eigenvalue weighted by atomic mass is 32.1. The van der Waals surface area contributed by atoms with Crippen molar-refractivity contribution in [1.82, 2.24) is 10.7 Å². The molecule has 0 aliphatic rings. The number of thiophene rings is 1. The smallest absolute Gasteiger partial charge is 0.353 e. The molecule has 1 heterocycles. The number of carbonyl (C=O) groups is 3. The largest absolute Gasteiger partial charge is 0.490 e. The van der Waals surface area contributed by atoms with Gasteiger partial charge in [0.25, 0.3) is 5.91 Å². The Labute approximate surface area is 200 Å². The standard InChI is InChI=1S/C25H23N3O5S/c1-2-32-21-15-19(10-12-20(21)33-25(31)22-9-6-14-34-22)16-27-28-24(30)17-26-23(29)13-11-18-7-4-3-5-8-18/h3-16H,2,17H2,1H3,(H,26,29)(H,28,30)/b13-11+,27-16-. The van der Waals surface area contributed by atoms with Crippen molar-refractivity contribution in [3.63, 3.8) is 0 Å². The summed E-state index contributed by atoms with van der Waals surface area (Å²) in [5, 5.41) is 8.17. The van der Waals surface area contributed by atoms with E-state index in [1.54, 1.807) is 41.8 Å². The molecular weight excluding hydrogens is 454 g/mol. The molecule has 9 heteroatoms. The molecule has 0 unspecified atom stereocenters. The number of amides is 2. The maximum absolute atomic E-state index is 12.2. The maximum atomic E-state index is 12.2. The Hall–Kier alpha value is -4.24. The Balaban J connectivity index is 1.50. The Morgan fingerprint density at radius 1 is 1.00 bits per heavy atom. The second kappa shape index (κ2) is 12.7. The number of hydrazone groups is 1. The predicted molar refractivity (Wildman–Crippen MR) is 131 cm³/mol. The fourth-order valence-corrected chi connectivity index (χ4v) is 3.28. The van der Waals surface area contributed by atoms with Gasteiger partial charge in [-0.3, -0.25) is 9.59 Å². The first-order chi connectivity index (χ1) is 16.5. The van der Waals surface area contributed by atoms with Crippen molar-refractivity contribution in [2.45, 2.75) is 6.92 Å². The topological polar surface area (TPSA) is 106 Å². The lowest BCUT2D eigenvalue weighted by Gasteiger charge is -2.10. The van der Waals surface area contributed by atoms with Crippen LogP contribution in [0.5, 0.6) is 11.5 Å². The first kappa shape index (κ1) is 24.4.